The van der Waals surface area contributed by atoms with Crippen LogP contribution in [-0.2, 0) is 0 Å². The minimum atomic E-state index is -0.140. The average molecular weight is 172 g/mol. The lowest BCUT2D eigenvalue weighted by molar-refractivity contribution is 0.0800. The summed E-state index contributed by atoms with van der Waals surface area (Å²) in [6, 6.07) is 0.404. The van der Waals surface area contributed by atoms with Crippen molar-refractivity contribution < 1.29 is 4.39 Å². The molecule has 2 fully saturated rings. The number of alkyl halides is 1. The maximum atomic E-state index is 12.9. The Morgan fingerprint density at radius 1 is 1.58 bits per heavy atom. The van der Waals surface area contributed by atoms with Crippen molar-refractivity contribution >= 4 is 0 Å². The summed E-state index contributed by atoms with van der Waals surface area (Å²) in [7, 11) is 2.11. The third-order valence-corrected chi connectivity index (χ3v) is 3.50. The Morgan fingerprint density at radius 2 is 2.42 bits per heavy atom. The first kappa shape index (κ1) is 8.45. The number of halogens is 1. The highest BCUT2D eigenvalue weighted by molar-refractivity contribution is 5.01. The van der Waals surface area contributed by atoms with Gasteiger partial charge in [0.15, 0.2) is 0 Å². The molecule has 12 heavy (non-hydrogen) atoms. The van der Waals surface area contributed by atoms with E-state index in [4.69, 9.17) is 0 Å². The third-order valence-electron chi connectivity index (χ3n) is 3.50. The molecule has 2 aliphatic rings. The molecule has 2 aliphatic heterocycles. The molecule has 2 rings (SSSR count). The van der Waals surface area contributed by atoms with Crippen LogP contribution in [0.25, 0.3) is 0 Å². The van der Waals surface area contributed by atoms with Gasteiger partial charge in [0.2, 0.25) is 0 Å². The summed E-state index contributed by atoms with van der Waals surface area (Å²) in [6.45, 7) is 2.94. The van der Waals surface area contributed by atoms with Crippen LogP contribution in [0.15, 0.2) is 0 Å². The van der Waals surface area contributed by atoms with Crippen molar-refractivity contribution in [3.8, 4) is 0 Å². The van der Waals surface area contributed by atoms with Crippen LogP contribution in [0.5, 0.6) is 0 Å². The predicted molar refractivity (Wildman–Crippen MR) is 46.9 cm³/mol. The topological polar surface area (TPSA) is 15.3 Å². The Bertz CT molecular complexity index is 174. The van der Waals surface area contributed by atoms with Crippen LogP contribution in [0, 0.1) is 5.41 Å². The number of hydrogen-bond acceptors (Lipinski definition) is 2. The lowest BCUT2D eigenvalue weighted by Gasteiger charge is -2.40. The van der Waals surface area contributed by atoms with E-state index >= 15 is 0 Å². The van der Waals surface area contributed by atoms with E-state index in [9.17, 15) is 4.39 Å². The molecule has 70 valence electrons. The van der Waals surface area contributed by atoms with Crippen LogP contribution in [-0.4, -0.2) is 44.3 Å². The normalized spacial score (nSPS) is 43.0. The van der Waals surface area contributed by atoms with E-state index in [1.54, 1.807) is 0 Å². The van der Waals surface area contributed by atoms with Crippen molar-refractivity contribution in [2.75, 3.05) is 33.4 Å². The smallest absolute Gasteiger partial charge is 0.0966 e. The molecule has 0 aromatic heterocycles. The van der Waals surface area contributed by atoms with E-state index in [1.165, 1.54) is 0 Å². The van der Waals surface area contributed by atoms with Crippen molar-refractivity contribution in [3.63, 3.8) is 0 Å². The van der Waals surface area contributed by atoms with Crippen LogP contribution in [0.4, 0.5) is 4.39 Å². The standard InChI is InChI=1S/C9H17FN2/c1-12-5-3-9(7-10)2-4-11-8(9)6-12/h8,11H,2-7H2,1H3. The maximum Gasteiger partial charge on any atom is 0.0966 e. The molecule has 0 aromatic rings. The summed E-state index contributed by atoms with van der Waals surface area (Å²) in [6.07, 6.45) is 2.06. The largest absolute Gasteiger partial charge is 0.312 e. The monoisotopic (exact) mass is 172 g/mol. The quantitative estimate of drug-likeness (QED) is 0.624. The SMILES string of the molecule is CN1CCC2(CF)CCNC2C1. The third kappa shape index (κ3) is 1.15. The molecule has 2 unspecified atom stereocenters. The molecule has 0 amide bonds. The van der Waals surface area contributed by atoms with E-state index < -0.39 is 0 Å². The van der Waals surface area contributed by atoms with Gasteiger partial charge >= 0.3 is 0 Å². The van der Waals surface area contributed by atoms with Crippen LogP contribution in [0.1, 0.15) is 12.8 Å². The zero-order valence-corrected chi connectivity index (χ0v) is 7.65. The molecule has 0 spiro atoms. The number of fused-ring (bicyclic) bond motifs is 1. The van der Waals surface area contributed by atoms with Gasteiger partial charge in [-0.1, -0.05) is 0 Å². The highest BCUT2D eigenvalue weighted by atomic mass is 19.1. The van der Waals surface area contributed by atoms with Crippen molar-refractivity contribution in [1.82, 2.24) is 10.2 Å². The van der Waals surface area contributed by atoms with Crippen LogP contribution in [0.3, 0.4) is 0 Å². The summed E-state index contributed by atoms with van der Waals surface area (Å²) in [4.78, 5) is 2.29. The van der Waals surface area contributed by atoms with Gasteiger partial charge in [-0.3, -0.25) is 4.39 Å². The summed E-state index contributed by atoms with van der Waals surface area (Å²) in [5.74, 6) is 0. The van der Waals surface area contributed by atoms with Crippen molar-refractivity contribution in [1.29, 1.82) is 0 Å². The molecule has 2 atom stereocenters. The lowest BCUT2D eigenvalue weighted by atomic mass is 9.76. The molecule has 1 N–H and O–H groups in total. The van der Waals surface area contributed by atoms with E-state index in [-0.39, 0.29) is 12.1 Å². The molecule has 3 heteroatoms. The highest BCUT2D eigenvalue weighted by Gasteiger charge is 2.45. The zero-order chi connectivity index (χ0) is 8.60. The molecule has 0 aromatic carbocycles. The molecule has 2 heterocycles. The second kappa shape index (κ2) is 2.96. The fourth-order valence-electron chi connectivity index (χ4n) is 2.49. The number of nitrogens with zero attached hydrogens (tertiary/aromatic N) is 1. The molecule has 0 radical (unpaired) electrons. The van der Waals surface area contributed by atoms with Gasteiger partial charge in [0, 0.05) is 18.0 Å². The Balaban J connectivity index is 2.10. The summed E-state index contributed by atoms with van der Waals surface area (Å²) in [5, 5.41) is 3.40. The van der Waals surface area contributed by atoms with Gasteiger partial charge in [-0.25, -0.2) is 0 Å². The zero-order valence-electron chi connectivity index (χ0n) is 7.65. The Morgan fingerprint density at radius 3 is 3.17 bits per heavy atom. The molecular formula is C9H17FN2. The Kier molecular flexibility index (Phi) is 2.09. The van der Waals surface area contributed by atoms with E-state index in [0.717, 1.165) is 32.5 Å². The predicted octanol–water partition coefficient (Wildman–Crippen LogP) is 0.640. The van der Waals surface area contributed by atoms with Crippen molar-refractivity contribution in [3.05, 3.63) is 0 Å². The first-order valence-corrected chi connectivity index (χ1v) is 4.75. The molecule has 0 bridgehead atoms. The number of rotatable bonds is 1. The summed E-state index contributed by atoms with van der Waals surface area (Å²) >= 11 is 0. The van der Waals surface area contributed by atoms with Gasteiger partial charge in [-0.15, -0.1) is 0 Å². The number of piperidine rings is 1. The molecule has 2 saturated heterocycles. The molecular weight excluding hydrogens is 155 g/mol. The molecule has 0 saturated carbocycles. The minimum absolute atomic E-state index is 0.00743. The summed E-state index contributed by atoms with van der Waals surface area (Å²) < 4.78 is 12.9. The second-order valence-electron chi connectivity index (χ2n) is 4.26. The van der Waals surface area contributed by atoms with E-state index in [1.807, 2.05) is 0 Å². The number of likely N-dealkylation sites (N-methyl/N-ethyl adjacent to an activating group) is 1. The van der Waals surface area contributed by atoms with Gasteiger partial charge < -0.3 is 10.2 Å². The van der Waals surface area contributed by atoms with Crippen LogP contribution < -0.4 is 5.32 Å². The van der Waals surface area contributed by atoms with Crippen molar-refractivity contribution in [2.45, 2.75) is 18.9 Å². The minimum Gasteiger partial charge on any atom is -0.312 e. The van der Waals surface area contributed by atoms with Gasteiger partial charge in [0.05, 0.1) is 6.67 Å². The number of nitrogens with one attached hydrogen (secondary N) is 1. The van der Waals surface area contributed by atoms with E-state index in [2.05, 4.69) is 17.3 Å². The molecule has 0 aliphatic carbocycles. The average Bonchev–Trinajstić information content (AvgIpc) is 2.48. The van der Waals surface area contributed by atoms with Gasteiger partial charge in [-0.05, 0) is 33.0 Å². The number of likely N-dealkylation sites (tertiary alicyclic amines) is 1. The Hall–Kier alpha value is -0.150. The van der Waals surface area contributed by atoms with Crippen LogP contribution in [0.2, 0.25) is 0 Å². The fraction of sp³-hybridized carbons (Fsp3) is 1.00. The van der Waals surface area contributed by atoms with E-state index in [0.29, 0.717) is 6.04 Å². The summed E-state index contributed by atoms with van der Waals surface area (Å²) in [5.41, 5.74) is -0.00743. The maximum absolute atomic E-state index is 12.9. The van der Waals surface area contributed by atoms with Gasteiger partial charge in [-0.2, -0.15) is 0 Å². The Labute approximate surface area is 73.1 Å². The first-order chi connectivity index (χ1) is 5.77. The second-order valence-corrected chi connectivity index (χ2v) is 4.26. The van der Waals surface area contributed by atoms with Crippen LogP contribution >= 0.6 is 0 Å². The first-order valence-electron chi connectivity index (χ1n) is 4.75. The lowest BCUT2D eigenvalue weighted by Crippen LogP contribution is -2.52. The number of hydrogen-bond donors (Lipinski definition) is 1. The highest BCUT2D eigenvalue weighted by Crippen LogP contribution is 2.38. The molecule has 2 nitrogen and oxygen atoms in total. The van der Waals surface area contributed by atoms with Gasteiger partial charge in [0.1, 0.15) is 0 Å². The van der Waals surface area contributed by atoms with Gasteiger partial charge in [0.25, 0.3) is 0 Å². The van der Waals surface area contributed by atoms with Crippen molar-refractivity contribution in [2.24, 2.45) is 5.41 Å². The fourth-order valence-corrected chi connectivity index (χ4v) is 2.49.